The average molecular weight is 505 g/mol. The van der Waals surface area contributed by atoms with E-state index in [-0.39, 0.29) is 5.91 Å². The van der Waals surface area contributed by atoms with Crippen molar-refractivity contribution in [3.05, 3.63) is 102 Å². The number of aromatic nitrogens is 3. The Bertz CT molecular complexity index is 1530. The summed E-state index contributed by atoms with van der Waals surface area (Å²) in [5.41, 5.74) is 6.96. The van der Waals surface area contributed by atoms with E-state index < -0.39 is 0 Å². The van der Waals surface area contributed by atoms with E-state index in [2.05, 4.69) is 80.2 Å². The maximum Gasteiger partial charge on any atom is 0.256 e. The van der Waals surface area contributed by atoms with Gasteiger partial charge in [-0.05, 0) is 74.4 Å². The number of hydrogen-bond donors (Lipinski definition) is 4. The van der Waals surface area contributed by atoms with Crippen molar-refractivity contribution in [1.29, 1.82) is 0 Å². The van der Waals surface area contributed by atoms with E-state index in [4.69, 9.17) is 0 Å². The van der Waals surface area contributed by atoms with E-state index in [9.17, 15) is 4.79 Å². The van der Waals surface area contributed by atoms with Gasteiger partial charge in [-0.2, -0.15) is 5.10 Å². The third-order valence-corrected chi connectivity index (χ3v) is 7.36. The van der Waals surface area contributed by atoms with Gasteiger partial charge in [0.15, 0.2) is 5.82 Å². The van der Waals surface area contributed by atoms with E-state index in [0.29, 0.717) is 17.4 Å². The summed E-state index contributed by atoms with van der Waals surface area (Å²) in [5.74, 6) is 0.304. The lowest BCUT2D eigenvalue weighted by Crippen LogP contribution is -2.36. The van der Waals surface area contributed by atoms with Crippen LogP contribution in [0.25, 0.3) is 22.3 Å². The van der Waals surface area contributed by atoms with Crippen molar-refractivity contribution in [2.75, 3.05) is 30.8 Å². The quantitative estimate of drug-likeness (QED) is 0.222. The maximum atomic E-state index is 12.9. The van der Waals surface area contributed by atoms with E-state index in [1.165, 1.54) is 16.5 Å². The number of likely N-dealkylation sites (tertiary alicyclic amines) is 1. The minimum absolute atomic E-state index is 0.185. The van der Waals surface area contributed by atoms with Crippen LogP contribution in [0.1, 0.15) is 34.3 Å². The highest BCUT2D eigenvalue weighted by atomic mass is 16.1. The highest BCUT2D eigenvalue weighted by Gasteiger charge is 2.18. The third-order valence-electron chi connectivity index (χ3n) is 7.36. The van der Waals surface area contributed by atoms with Crippen molar-refractivity contribution < 1.29 is 4.79 Å². The standard InChI is InChI=1S/C31H32N6O/c1-37-17-15-24(16-18-37)32-23-13-11-22(12-14-23)31(38)34-29-20-28(35-36-29)30-26(19-21-7-3-2-4-8-21)25-9-5-6-10-27(25)33-30/h2-14,20,24,32-33H,15-19H2,1H3,(H2,34,35,36,38). The average Bonchev–Trinajstić information content (AvgIpc) is 3.55. The van der Waals surface area contributed by atoms with Crippen LogP contribution in [0.3, 0.4) is 0 Å². The van der Waals surface area contributed by atoms with Crippen LogP contribution < -0.4 is 10.6 Å². The number of nitrogens with zero attached hydrogens (tertiary/aromatic N) is 2. The van der Waals surface area contributed by atoms with Crippen LogP contribution >= 0.6 is 0 Å². The molecule has 192 valence electrons. The number of benzene rings is 3. The predicted octanol–water partition coefficient (Wildman–Crippen LogP) is 5.91. The molecule has 4 N–H and O–H groups in total. The molecule has 0 saturated carbocycles. The van der Waals surface area contributed by atoms with Gasteiger partial charge in [-0.3, -0.25) is 9.89 Å². The van der Waals surface area contributed by atoms with Gasteiger partial charge in [0.05, 0.1) is 11.4 Å². The van der Waals surface area contributed by atoms with Gasteiger partial charge < -0.3 is 20.5 Å². The van der Waals surface area contributed by atoms with Gasteiger partial charge in [0.25, 0.3) is 5.91 Å². The second kappa shape index (κ2) is 10.6. The number of rotatable bonds is 7. The third kappa shape index (κ3) is 5.19. The molecule has 1 saturated heterocycles. The first-order valence-electron chi connectivity index (χ1n) is 13.2. The molecule has 3 aromatic carbocycles. The van der Waals surface area contributed by atoms with Crippen LogP contribution in [0, 0.1) is 0 Å². The van der Waals surface area contributed by atoms with Gasteiger partial charge in [0, 0.05) is 40.7 Å². The van der Waals surface area contributed by atoms with Gasteiger partial charge >= 0.3 is 0 Å². The molecule has 2 aromatic heterocycles. The lowest BCUT2D eigenvalue weighted by Gasteiger charge is -2.30. The van der Waals surface area contributed by atoms with Crippen LogP contribution in [0.15, 0.2) is 84.9 Å². The van der Waals surface area contributed by atoms with Gasteiger partial charge in [-0.1, -0.05) is 48.5 Å². The number of hydrogen-bond acceptors (Lipinski definition) is 4. The van der Waals surface area contributed by atoms with Crippen LogP contribution in [-0.2, 0) is 6.42 Å². The molecule has 5 aromatic rings. The monoisotopic (exact) mass is 504 g/mol. The number of carbonyl (C=O) groups is 1. The lowest BCUT2D eigenvalue weighted by molar-refractivity contribution is 0.102. The highest BCUT2D eigenvalue weighted by Crippen LogP contribution is 2.32. The Morgan fingerprint density at radius 3 is 2.50 bits per heavy atom. The number of piperidine rings is 1. The molecule has 38 heavy (non-hydrogen) atoms. The van der Waals surface area contributed by atoms with Crippen molar-refractivity contribution in [3.8, 4) is 11.4 Å². The van der Waals surface area contributed by atoms with Crippen molar-refractivity contribution in [2.24, 2.45) is 0 Å². The van der Waals surface area contributed by atoms with Crippen molar-refractivity contribution in [3.63, 3.8) is 0 Å². The summed E-state index contributed by atoms with van der Waals surface area (Å²) >= 11 is 0. The normalized spacial score (nSPS) is 14.6. The van der Waals surface area contributed by atoms with E-state index >= 15 is 0 Å². The molecule has 0 atom stereocenters. The zero-order valence-electron chi connectivity index (χ0n) is 21.5. The molecule has 0 spiro atoms. The number of aromatic amines is 2. The predicted molar refractivity (Wildman–Crippen MR) is 154 cm³/mol. The van der Waals surface area contributed by atoms with Crippen molar-refractivity contribution >= 4 is 28.3 Å². The fraction of sp³-hybridized carbons (Fsp3) is 0.226. The lowest BCUT2D eigenvalue weighted by atomic mass is 10.0. The maximum absolute atomic E-state index is 12.9. The van der Waals surface area contributed by atoms with Crippen molar-refractivity contribution in [2.45, 2.75) is 25.3 Å². The summed E-state index contributed by atoms with van der Waals surface area (Å²) in [6.45, 7) is 2.21. The molecule has 1 aliphatic heterocycles. The Labute approximate surface area is 222 Å². The second-order valence-corrected chi connectivity index (χ2v) is 10.1. The fourth-order valence-corrected chi connectivity index (χ4v) is 5.22. The first-order chi connectivity index (χ1) is 18.6. The summed E-state index contributed by atoms with van der Waals surface area (Å²) in [7, 11) is 2.16. The molecule has 0 aliphatic carbocycles. The topological polar surface area (TPSA) is 88.8 Å². The van der Waals surface area contributed by atoms with E-state index in [1.54, 1.807) is 0 Å². The molecule has 7 heteroatoms. The number of fused-ring (bicyclic) bond motifs is 1. The molecule has 3 heterocycles. The smallest absolute Gasteiger partial charge is 0.256 e. The highest BCUT2D eigenvalue weighted by molar-refractivity contribution is 6.04. The van der Waals surface area contributed by atoms with Crippen LogP contribution in [0.5, 0.6) is 0 Å². The molecular formula is C31H32N6O. The number of para-hydroxylation sites is 1. The summed E-state index contributed by atoms with van der Waals surface area (Å²) < 4.78 is 0. The number of amides is 1. The summed E-state index contributed by atoms with van der Waals surface area (Å²) in [4.78, 5) is 18.9. The van der Waals surface area contributed by atoms with Crippen LogP contribution in [0.4, 0.5) is 11.5 Å². The van der Waals surface area contributed by atoms with E-state index in [0.717, 1.165) is 54.9 Å². The number of H-pyrrole nitrogens is 2. The summed E-state index contributed by atoms with van der Waals surface area (Å²) in [6, 6.07) is 28.8. The molecule has 1 amide bonds. The Hall–Kier alpha value is -4.36. The second-order valence-electron chi connectivity index (χ2n) is 10.1. The SMILES string of the molecule is CN1CCC(Nc2ccc(C(=O)Nc3cc(-c4[nH]c5ccccc5c4Cc4ccccc4)[nH]n3)cc2)CC1. The minimum Gasteiger partial charge on any atom is -0.382 e. The molecule has 1 aliphatic rings. The van der Waals surface area contributed by atoms with Crippen LogP contribution in [-0.4, -0.2) is 52.2 Å². The van der Waals surface area contributed by atoms with Crippen molar-refractivity contribution in [1.82, 2.24) is 20.1 Å². The molecular weight excluding hydrogens is 472 g/mol. The summed E-state index contributed by atoms with van der Waals surface area (Å²) in [5, 5.41) is 15.2. The van der Waals surface area contributed by atoms with Gasteiger partial charge in [0.1, 0.15) is 0 Å². The summed E-state index contributed by atoms with van der Waals surface area (Å²) in [6.07, 6.45) is 3.05. The molecule has 0 radical (unpaired) electrons. The largest absolute Gasteiger partial charge is 0.382 e. The van der Waals surface area contributed by atoms with Gasteiger partial charge in [-0.15, -0.1) is 0 Å². The van der Waals surface area contributed by atoms with Crippen LogP contribution in [0.2, 0.25) is 0 Å². The Morgan fingerprint density at radius 2 is 1.71 bits per heavy atom. The van der Waals surface area contributed by atoms with E-state index in [1.807, 2.05) is 42.5 Å². The number of carbonyl (C=O) groups excluding carboxylic acids is 1. The van der Waals surface area contributed by atoms with Gasteiger partial charge in [0.2, 0.25) is 0 Å². The Balaban J connectivity index is 1.17. The number of anilines is 2. The number of nitrogens with one attached hydrogen (secondary N) is 4. The Morgan fingerprint density at radius 1 is 0.974 bits per heavy atom. The van der Waals surface area contributed by atoms with Gasteiger partial charge in [-0.25, -0.2) is 0 Å². The molecule has 7 nitrogen and oxygen atoms in total. The fourth-order valence-electron chi connectivity index (χ4n) is 5.22. The minimum atomic E-state index is -0.185. The zero-order valence-corrected chi connectivity index (χ0v) is 21.5. The molecule has 6 rings (SSSR count). The first-order valence-corrected chi connectivity index (χ1v) is 13.2. The molecule has 0 unspecified atom stereocenters. The molecule has 1 fully saturated rings. The first kappa shape index (κ1) is 24.0. The Kier molecular flexibility index (Phi) is 6.67. The zero-order chi connectivity index (χ0) is 25.9. The molecule has 0 bridgehead atoms.